The van der Waals surface area contributed by atoms with Crippen LogP contribution in [0.5, 0.6) is 0 Å². The molecule has 2 rings (SSSR count). The molecule has 1 amide bonds. The summed E-state index contributed by atoms with van der Waals surface area (Å²) in [6.07, 6.45) is 0.812. The van der Waals surface area contributed by atoms with E-state index in [0.29, 0.717) is 31.9 Å². The Balaban J connectivity index is 2.34. The minimum Gasteiger partial charge on any atom is -0.377 e. The van der Waals surface area contributed by atoms with Crippen LogP contribution in [0.2, 0.25) is 0 Å². The average molecular weight is 341 g/mol. The summed E-state index contributed by atoms with van der Waals surface area (Å²) in [5.41, 5.74) is 1.33. The van der Waals surface area contributed by atoms with Crippen molar-refractivity contribution in [1.82, 2.24) is 5.32 Å². The van der Waals surface area contributed by atoms with Gasteiger partial charge in [0.2, 0.25) is 5.91 Å². The molecule has 0 aromatic heterocycles. The predicted octanol–water partition coefficient (Wildman–Crippen LogP) is 1.60. The Hall–Kier alpha value is -1.40. The molecule has 0 radical (unpaired) electrons. The van der Waals surface area contributed by atoms with Gasteiger partial charge in [0.05, 0.1) is 13.2 Å². The number of likely N-dealkylation sites (N-methyl/N-ethyl adjacent to an activating group) is 1. The Kier molecular flexibility index (Phi) is 5.14. The van der Waals surface area contributed by atoms with Crippen LogP contribution in [0.1, 0.15) is 17.3 Å². The van der Waals surface area contributed by atoms with Gasteiger partial charge in [0.25, 0.3) is 0 Å². The molecule has 20 heavy (non-hydrogen) atoms. The van der Waals surface area contributed by atoms with Gasteiger partial charge < -0.3 is 15.0 Å². The maximum absolute atomic E-state index is 12.1. The summed E-state index contributed by atoms with van der Waals surface area (Å²) >= 11 is 3.41. The molecular formula is C14H17BrN2O3. The van der Waals surface area contributed by atoms with Gasteiger partial charge in [-0.05, 0) is 25.1 Å². The molecule has 0 saturated carbocycles. The van der Waals surface area contributed by atoms with Crippen molar-refractivity contribution < 1.29 is 14.3 Å². The Labute approximate surface area is 126 Å². The molecule has 1 heterocycles. The summed E-state index contributed by atoms with van der Waals surface area (Å²) in [5.74, 6) is -0.0796. The van der Waals surface area contributed by atoms with Crippen molar-refractivity contribution in [3.05, 3.63) is 28.2 Å². The monoisotopic (exact) mass is 340 g/mol. The van der Waals surface area contributed by atoms with Gasteiger partial charge in [-0.25, -0.2) is 0 Å². The molecule has 1 aromatic carbocycles. The lowest BCUT2D eigenvalue weighted by Crippen LogP contribution is -2.54. The summed E-state index contributed by atoms with van der Waals surface area (Å²) in [6.45, 7) is 3.90. The van der Waals surface area contributed by atoms with Crippen LogP contribution in [0.25, 0.3) is 0 Å². The van der Waals surface area contributed by atoms with Crippen molar-refractivity contribution in [2.75, 3.05) is 31.2 Å². The molecule has 5 nitrogen and oxygen atoms in total. The van der Waals surface area contributed by atoms with E-state index < -0.39 is 6.04 Å². The fourth-order valence-electron chi connectivity index (χ4n) is 2.27. The largest absolute Gasteiger partial charge is 0.377 e. The van der Waals surface area contributed by atoms with Crippen LogP contribution in [0.15, 0.2) is 22.7 Å². The molecule has 0 bridgehead atoms. The third kappa shape index (κ3) is 3.19. The van der Waals surface area contributed by atoms with E-state index in [0.717, 1.165) is 16.4 Å². The SMILES string of the molecule is CCNC(=O)C1COCCN1c1cc(Br)ccc1C=O. The first kappa shape index (κ1) is 15.0. The number of nitrogens with zero attached hydrogens (tertiary/aromatic N) is 1. The van der Waals surface area contributed by atoms with Gasteiger partial charge in [-0.1, -0.05) is 15.9 Å². The summed E-state index contributed by atoms with van der Waals surface area (Å²) in [7, 11) is 0. The zero-order valence-corrected chi connectivity index (χ0v) is 12.9. The third-order valence-corrected chi connectivity index (χ3v) is 3.70. The van der Waals surface area contributed by atoms with Gasteiger partial charge in [0, 0.05) is 28.8 Å². The minimum absolute atomic E-state index is 0.0796. The van der Waals surface area contributed by atoms with Crippen LogP contribution in [-0.4, -0.2) is 44.5 Å². The number of aldehydes is 1. The zero-order valence-electron chi connectivity index (χ0n) is 11.3. The highest BCUT2D eigenvalue weighted by Gasteiger charge is 2.30. The number of ether oxygens (including phenoxy) is 1. The first-order valence-electron chi connectivity index (χ1n) is 6.54. The summed E-state index contributed by atoms with van der Waals surface area (Å²) < 4.78 is 6.28. The highest BCUT2D eigenvalue weighted by atomic mass is 79.9. The number of hydrogen-bond acceptors (Lipinski definition) is 4. The maximum atomic E-state index is 12.1. The number of rotatable bonds is 4. The molecule has 1 saturated heterocycles. The smallest absolute Gasteiger partial charge is 0.245 e. The number of amides is 1. The molecule has 1 aromatic rings. The second-order valence-corrected chi connectivity index (χ2v) is 5.42. The van der Waals surface area contributed by atoms with E-state index in [1.54, 1.807) is 6.07 Å². The second kappa shape index (κ2) is 6.85. The van der Waals surface area contributed by atoms with Crippen LogP contribution in [-0.2, 0) is 9.53 Å². The lowest BCUT2D eigenvalue weighted by molar-refractivity contribution is -0.124. The summed E-state index contributed by atoms with van der Waals surface area (Å²) in [4.78, 5) is 25.3. The molecule has 1 aliphatic rings. The molecule has 1 unspecified atom stereocenters. The molecule has 1 aliphatic heterocycles. The van der Waals surface area contributed by atoms with Crippen molar-refractivity contribution in [2.24, 2.45) is 0 Å². The number of halogens is 1. The Morgan fingerprint density at radius 2 is 2.40 bits per heavy atom. The van der Waals surface area contributed by atoms with E-state index in [4.69, 9.17) is 4.74 Å². The van der Waals surface area contributed by atoms with Gasteiger partial charge in [-0.2, -0.15) is 0 Å². The molecular weight excluding hydrogens is 324 g/mol. The van der Waals surface area contributed by atoms with E-state index in [-0.39, 0.29) is 5.91 Å². The first-order chi connectivity index (χ1) is 9.67. The summed E-state index contributed by atoms with van der Waals surface area (Å²) in [5, 5.41) is 2.81. The number of morpholine rings is 1. The predicted molar refractivity (Wildman–Crippen MR) is 80.2 cm³/mol. The van der Waals surface area contributed by atoms with Gasteiger partial charge in [-0.3, -0.25) is 9.59 Å². The van der Waals surface area contributed by atoms with Crippen molar-refractivity contribution in [3.8, 4) is 0 Å². The van der Waals surface area contributed by atoms with E-state index >= 15 is 0 Å². The Morgan fingerprint density at radius 3 is 3.10 bits per heavy atom. The number of carbonyl (C=O) groups excluding carboxylic acids is 2. The molecule has 1 N–H and O–H groups in total. The minimum atomic E-state index is -0.406. The van der Waals surface area contributed by atoms with Crippen LogP contribution in [0.4, 0.5) is 5.69 Å². The second-order valence-electron chi connectivity index (χ2n) is 4.50. The number of anilines is 1. The molecule has 108 valence electrons. The molecule has 1 atom stereocenters. The fraction of sp³-hybridized carbons (Fsp3) is 0.429. The number of carbonyl (C=O) groups is 2. The normalized spacial score (nSPS) is 18.7. The van der Waals surface area contributed by atoms with Crippen molar-refractivity contribution in [1.29, 1.82) is 0 Å². The lowest BCUT2D eigenvalue weighted by Gasteiger charge is -2.37. The van der Waals surface area contributed by atoms with E-state index in [2.05, 4.69) is 21.2 Å². The topological polar surface area (TPSA) is 58.6 Å². The standard InChI is InChI=1S/C14H17BrN2O3/c1-2-16-14(19)13-9-20-6-5-17(13)12-7-11(15)4-3-10(12)8-18/h3-4,7-8,13H,2,5-6,9H2,1H3,(H,16,19). The summed E-state index contributed by atoms with van der Waals surface area (Å²) in [6, 6.07) is 5.02. The van der Waals surface area contributed by atoms with Crippen LogP contribution in [0, 0.1) is 0 Å². The molecule has 0 spiro atoms. The maximum Gasteiger partial charge on any atom is 0.245 e. The molecule has 1 fully saturated rings. The van der Waals surface area contributed by atoms with E-state index in [1.807, 2.05) is 24.0 Å². The van der Waals surface area contributed by atoms with Gasteiger partial charge in [-0.15, -0.1) is 0 Å². The fourth-order valence-corrected chi connectivity index (χ4v) is 2.62. The van der Waals surface area contributed by atoms with Crippen LogP contribution >= 0.6 is 15.9 Å². The van der Waals surface area contributed by atoms with Gasteiger partial charge in [0.1, 0.15) is 6.04 Å². The first-order valence-corrected chi connectivity index (χ1v) is 7.33. The lowest BCUT2D eigenvalue weighted by atomic mass is 10.1. The third-order valence-electron chi connectivity index (χ3n) is 3.21. The van der Waals surface area contributed by atoms with E-state index in [1.165, 1.54) is 0 Å². The Morgan fingerprint density at radius 1 is 1.60 bits per heavy atom. The highest BCUT2D eigenvalue weighted by molar-refractivity contribution is 9.10. The van der Waals surface area contributed by atoms with Crippen molar-refractivity contribution >= 4 is 33.8 Å². The van der Waals surface area contributed by atoms with E-state index in [9.17, 15) is 9.59 Å². The molecule has 6 heteroatoms. The van der Waals surface area contributed by atoms with Gasteiger partial charge >= 0.3 is 0 Å². The number of nitrogens with one attached hydrogen (secondary N) is 1. The number of hydrogen-bond donors (Lipinski definition) is 1. The van der Waals surface area contributed by atoms with Crippen molar-refractivity contribution in [2.45, 2.75) is 13.0 Å². The quantitative estimate of drug-likeness (QED) is 0.846. The van der Waals surface area contributed by atoms with Gasteiger partial charge in [0.15, 0.2) is 6.29 Å². The molecule has 0 aliphatic carbocycles. The van der Waals surface area contributed by atoms with Crippen LogP contribution in [0.3, 0.4) is 0 Å². The average Bonchev–Trinajstić information content (AvgIpc) is 2.47. The highest BCUT2D eigenvalue weighted by Crippen LogP contribution is 2.27. The number of benzene rings is 1. The zero-order chi connectivity index (χ0) is 14.5. The Bertz CT molecular complexity index is 507. The van der Waals surface area contributed by atoms with Crippen molar-refractivity contribution in [3.63, 3.8) is 0 Å². The van der Waals surface area contributed by atoms with Crippen LogP contribution < -0.4 is 10.2 Å².